The highest BCUT2D eigenvalue weighted by atomic mass is 32.1. The number of methoxy groups -OCH3 is 1. The minimum atomic E-state index is -0.918. The highest BCUT2D eigenvalue weighted by Gasteiger charge is 2.25. The van der Waals surface area contributed by atoms with Gasteiger partial charge in [0.05, 0.1) is 12.0 Å². The molecule has 3 aromatic rings. The zero-order valence-corrected chi connectivity index (χ0v) is 23.1. The summed E-state index contributed by atoms with van der Waals surface area (Å²) in [6, 6.07) is 14.5. The number of esters is 1. The Morgan fingerprint density at radius 3 is 1.97 bits per heavy atom. The second kappa shape index (κ2) is 13.3. The number of hydrogen-bond donors (Lipinski definition) is 2. The summed E-state index contributed by atoms with van der Waals surface area (Å²) in [4.78, 5) is 38.4. The third kappa shape index (κ3) is 8.88. The molecule has 2 amide bonds. The zero-order chi connectivity index (χ0) is 28.6. The van der Waals surface area contributed by atoms with Crippen molar-refractivity contribution in [1.82, 2.24) is 10.6 Å². The van der Waals surface area contributed by atoms with E-state index in [2.05, 4.69) is 10.6 Å². The van der Waals surface area contributed by atoms with Gasteiger partial charge in [0, 0.05) is 17.3 Å². The van der Waals surface area contributed by atoms with Crippen molar-refractivity contribution in [1.29, 1.82) is 0 Å². The van der Waals surface area contributed by atoms with Crippen LogP contribution in [0.3, 0.4) is 0 Å². The highest BCUT2D eigenvalue weighted by Crippen LogP contribution is 2.36. The Kier molecular flexibility index (Phi) is 10.2. The molecule has 2 aromatic carbocycles. The van der Waals surface area contributed by atoms with Crippen LogP contribution in [0.2, 0.25) is 0 Å². The van der Waals surface area contributed by atoms with Crippen molar-refractivity contribution in [2.24, 2.45) is 0 Å². The molecule has 0 spiro atoms. The molecule has 1 aromatic heterocycles. The van der Waals surface area contributed by atoms with Gasteiger partial charge in [-0.25, -0.2) is 18.4 Å². The number of carbonyl (C=O) groups excluding carboxylic acids is 3. The lowest BCUT2D eigenvalue weighted by Gasteiger charge is -2.20. The van der Waals surface area contributed by atoms with Crippen LogP contribution in [0.15, 0.2) is 60.7 Å². The number of hydrogen-bond acceptors (Lipinski definition) is 6. The second-order valence-corrected chi connectivity index (χ2v) is 11.0. The lowest BCUT2D eigenvalue weighted by atomic mass is 9.90. The Bertz CT molecular complexity index is 1220. The van der Waals surface area contributed by atoms with E-state index in [4.69, 9.17) is 9.47 Å². The molecule has 10 heteroatoms. The zero-order valence-electron chi connectivity index (χ0n) is 22.3. The molecule has 208 valence electrons. The van der Waals surface area contributed by atoms with E-state index in [9.17, 15) is 23.2 Å². The smallest absolute Gasteiger partial charge is 0.407 e. The summed E-state index contributed by atoms with van der Waals surface area (Å²) >= 11 is 1.22. The summed E-state index contributed by atoms with van der Waals surface area (Å²) in [5.74, 6) is -2.17. The first-order chi connectivity index (χ1) is 18.5. The summed E-state index contributed by atoms with van der Waals surface area (Å²) in [5.41, 5.74) is 0.932. The van der Waals surface area contributed by atoms with E-state index in [-0.39, 0.29) is 30.5 Å². The normalized spacial score (nSPS) is 12.1. The van der Waals surface area contributed by atoms with Gasteiger partial charge in [-0.05, 0) is 81.1 Å². The number of nitrogens with one attached hydrogen (secondary N) is 2. The van der Waals surface area contributed by atoms with E-state index in [1.54, 1.807) is 57.2 Å². The first kappa shape index (κ1) is 29.8. The number of benzene rings is 2. The lowest BCUT2D eigenvalue weighted by Crippen LogP contribution is -2.42. The Labute approximate surface area is 230 Å². The number of alkyl carbamates (subject to hydrolysis) is 1. The Morgan fingerprint density at radius 1 is 0.897 bits per heavy atom. The fourth-order valence-electron chi connectivity index (χ4n) is 3.89. The molecule has 0 saturated carbocycles. The molecule has 0 fully saturated rings. The van der Waals surface area contributed by atoms with Crippen molar-refractivity contribution in [2.45, 2.75) is 51.2 Å². The minimum absolute atomic E-state index is 0.236. The number of rotatable bonds is 10. The van der Waals surface area contributed by atoms with Crippen LogP contribution < -0.4 is 10.6 Å². The van der Waals surface area contributed by atoms with E-state index < -0.39 is 29.6 Å². The predicted octanol–water partition coefficient (Wildman–Crippen LogP) is 5.78. The van der Waals surface area contributed by atoms with Crippen molar-refractivity contribution in [2.75, 3.05) is 13.7 Å². The molecule has 7 nitrogen and oxygen atoms in total. The molecule has 0 radical (unpaired) electrons. The summed E-state index contributed by atoms with van der Waals surface area (Å²) in [6.45, 7) is 5.52. The van der Waals surface area contributed by atoms with Crippen molar-refractivity contribution in [3.63, 3.8) is 0 Å². The van der Waals surface area contributed by atoms with Crippen molar-refractivity contribution in [3.05, 3.63) is 93.2 Å². The predicted molar refractivity (Wildman–Crippen MR) is 145 cm³/mol. The van der Waals surface area contributed by atoms with Gasteiger partial charge in [-0.1, -0.05) is 24.3 Å². The minimum Gasteiger partial charge on any atom is -0.467 e. The second-order valence-electron chi connectivity index (χ2n) is 9.86. The SMILES string of the molecule is COC(=O)[C@H](CCCNC(=O)OC(C)(C)C)NC(=O)c1ccc(C(c2ccc(F)cc2)c2ccc(F)cc2)s1. The summed E-state index contributed by atoms with van der Waals surface area (Å²) in [7, 11) is 1.24. The van der Waals surface area contributed by atoms with Gasteiger partial charge in [-0.3, -0.25) is 4.79 Å². The van der Waals surface area contributed by atoms with E-state index in [0.717, 1.165) is 16.0 Å². The Hall–Kier alpha value is -3.79. The van der Waals surface area contributed by atoms with Gasteiger partial charge in [0.1, 0.15) is 23.3 Å². The third-order valence-corrected chi connectivity index (χ3v) is 6.82. The average molecular weight is 559 g/mol. The molecule has 39 heavy (non-hydrogen) atoms. The molecule has 0 bridgehead atoms. The molecular weight excluding hydrogens is 526 g/mol. The maximum Gasteiger partial charge on any atom is 0.407 e. The number of carbonyl (C=O) groups is 3. The van der Waals surface area contributed by atoms with Crippen LogP contribution in [-0.4, -0.2) is 43.3 Å². The molecule has 2 N–H and O–H groups in total. The van der Waals surface area contributed by atoms with E-state index in [1.807, 2.05) is 0 Å². The van der Waals surface area contributed by atoms with Gasteiger partial charge < -0.3 is 20.1 Å². The Balaban J connectivity index is 1.71. The lowest BCUT2D eigenvalue weighted by molar-refractivity contribution is -0.143. The van der Waals surface area contributed by atoms with Gasteiger partial charge in [0.15, 0.2) is 0 Å². The maximum atomic E-state index is 13.6. The maximum absolute atomic E-state index is 13.6. The van der Waals surface area contributed by atoms with Gasteiger partial charge in [-0.15, -0.1) is 11.3 Å². The van der Waals surface area contributed by atoms with Gasteiger partial charge >= 0.3 is 12.1 Å². The number of thiophene rings is 1. The monoisotopic (exact) mass is 558 g/mol. The number of halogens is 2. The van der Waals surface area contributed by atoms with Crippen LogP contribution in [0.5, 0.6) is 0 Å². The van der Waals surface area contributed by atoms with E-state index in [0.29, 0.717) is 11.3 Å². The van der Waals surface area contributed by atoms with Crippen LogP contribution >= 0.6 is 11.3 Å². The Morgan fingerprint density at radius 2 is 1.46 bits per heavy atom. The summed E-state index contributed by atoms with van der Waals surface area (Å²) in [6.07, 6.45) is 0.0657. The third-order valence-electron chi connectivity index (χ3n) is 5.67. The fraction of sp³-hybridized carbons (Fsp3) is 0.345. The highest BCUT2D eigenvalue weighted by molar-refractivity contribution is 7.14. The summed E-state index contributed by atoms with van der Waals surface area (Å²) < 4.78 is 37.2. The first-order valence-electron chi connectivity index (χ1n) is 12.4. The standard InChI is InChI=1S/C29H32F2N2O5S/c1-29(2,3)38-28(36)32-17-5-6-22(27(35)37-4)33-26(34)24-16-15-23(39-24)25(18-7-11-20(30)12-8-18)19-9-13-21(31)14-10-19/h7-16,22,25H,5-6,17H2,1-4H3,(H,32,36)(H,33,34)/t22-/m0/s1. The number of ether oxygens (including phenoxy) is 2. The first-order valence-corrected chi connectivity index (χ1v) is 13.2. The average Bonchev–Trinajstić information content (AvgIpc) is 3.36. The molecule has 1 heterocycles. The molecule has 0 aliphatic heterocycles. The van der Waals surface area contributed by atoms with Crippen molar-refractivity contribution >= 4 is 29.3 Å². The molecule has 3 rings (SSSR count). The quantitative estimate of drug-likeness (QED) is 0.243. The van der Waals surface area contributed by atoms with Gasteiger partial charge in [-0.2, -0.15) is 0 Å². The molecule has 0 aliphatic carbocycles. The fourth-order valence-corrected chi connectivity index (χ4v) is 4.96. The summed E-state index contributed by atoms with van der Waals surface area (Å²) in [5, 5.41) is 5.33. The van der Waals surface area contributed by atoms with E-state index >= 15 is 0 Å². The molecule has 0 saturated heterocycles. The topological polar surface area (TPSA) is 93.7 Å². The van der Waals surface area contributed by atoms with Crippen LogP contribution in [0.4, 0.5) is 13.6 Å². The van der Waals surface area contributed by atoms with E-state index in [1.165, 1.54) is 42.7 Å². The van der Waals surface area contributed by atoms with Crippen molar-refractivity contribution < 1.29 is 32.6 Å². The van der Waals surface area contributed by atoms with Crippen LogP contribution in [0.1, 0.15) is 65.2 Å². The van der Waals surface area contributed by atoms with Crippen LogP contribution in [0, 0.1) is 11.6 Å². The molecule has 1 atom stereocenters. The van der Waals surface area contributed by atoms with Crippen LogP contribution in [-0.2, 0) is 14.3 Å². The number of amides is 2. The molecule has 0 unspecified atom stereocenters. The van der Waals surface area contributed by atoms with Gasteiger partial charge in [0.2, 0.25) is 0 Å². The van der Waals surface area contributed by atoms with Crippen LogP contribution in [0.25, 0.3) is 0 Å². The molecular formula is C29H32F2N2O5S. The molecule has 0 aliphatic rings. The van der Waals surface area contributed by atoms with Crippen molar-refractivity contribution in [3.8, 4) is 0 Å². The van der Waals surface area contributed by atoms with Gasteiger partial charge in [0.25, 0.3) is 5.91 Å². The largest absolute Gasteiger partial charge is 0.467 e.